The predicted molar refractivity (Wildman–Crippen MR) is 100 cm³/mol. The summed E-state index contributed by atoms with van der Waals surface area (Å²) < 4.78 is 0. The third kappa shape index (κ3) is 4.20. The van der Waals surface area contributed by atoms with Crippen molar-refractivity contribution < 1.29 is 0 Å². The van der Waals surface area contributed by atoms with E-state index in [1.807, 2.05) is 26.2 Å². The fourth-order valence-electron chi connectivity index (χ4n) is 3.35. The highest BCUT2D eigenvalue weighted by Crippen LogP contribution is 2.27. The lowest BCUT2D eigenvalue weighted by molar-refractivity contribution is 0.0812. The Balaban J connectivity index is 1.47. The van der Waals surface area contributed by atoms with E-state index in [1.165, 1.54) is 31.6 Å². The molecular weight excluding hydrogens is 306 g/mol. The number of piperidine rings is 3. The molecule has 2 bridgehead atoms. The van der Waals surface area contributed by atoms with Crippen LogP contribution in [0.25, 0.3) is 0 Å². The number of nitrogens with zero attached hydrogens (tertiary/aromatic N) is 3. The Labute approximate surface area is 143 Å². The maximum atomic E-state index is 5.36. The molecule has 3 saturated heterocycles. The first-order valence-electron chi connectivity index (χ1n) is 8.21. The van der Waals surface area contributed by atoms with Gasteiger partial charge >= 0.3 is 0 Å². The van der Waals surface area contributed by atoms with Gasteiger partial charge in [0, 0.05) is 32.4 Å². The molecular formula is C17H25N5S. The van der Waals surface area contributed by atoms with Crippen molar-refractivity contribution in [3.63, 3.8) is 0 Å². The molecule has 0 amide bonds. The van der Waals surface area contributed by atoms with Crippen LogP contribution in [-0.4, -0.2) is 56.0 Å². The molecule has 3 heterocycles. The third-order valence-corrected chi connectivity index (χ3v) is 4.97. The second-order valence-electron chi connectivity index (χ2n) is 6.57. The molecule has 1 aromatic rings. The molecule has 23 heavy (non-hydrogen) atoms. The average molecular weight is 331 g/mol. The lowest BCUT2D eigenvalue weighted by atomic mass is 9.84. The van der Waals surface area contributed by atoms with Crippen molar-refractivity contribution in [2.45, 2.75) is 18.9 Å². The summed E-state index contributed by atoms with van der Waals surface area (Å²) in [5, 5.41) is 8.27. The molecule has 0 aliphatic carbocycles. The fraction of sp³-hybridized carbons (Fsp3) is 0.529. The third-order valence-electron chi connectivity index (χ3n) is 4.76. The van der Waals surface area contributed by atoms with E-state index in [9.17, 15) is 0 Å². The van der Waals surface area contributed by atoms with E-state index >= 15 is 0 Å². The van der Waals surface area contributed by atoms with Crippen molar-refractivity contribution in [1.82, 2.24) is 15.6 Å². The molecule has 0 saturated carbocycles. The Hall–Kier alpha value is -1.66. The highest BCUT2D eigenvalue weighted by atomic mass is 32.1. The summed E-state index contributed by atoms with van der Waals surface area (Å²) in [6.07, 6.45) is 4.35. The molecule has 0 spiro atoms. The number of anilines is 1. The van der Waals surface area contributed by atoms with Crippen molar-refractivity contribution in [3.05, 3.63) is 29.8 Å². The molecule has 124 valence electrons. The van der Waals surface area contributed by atoms with Gasteiger partial charge in [0.2, 0.25) is 0 Å². The van der Waals surface area contributed by atoms with Crippen LogP contribution in [0.3, 0.4) is 0 Å². The largest absolute Gasteiger partial charge is 0.378 e. The van der Waals surface area contributed by atoms with E-state index in [0.29, 0.717) is 11.2 Å². The molecule has 3 aliphatic heterocycles. The van der Waals surface area contributed by atoms with Crippen LogP contribution in [-0.2, 0) is 0 Å². The standard InChI is InChI=1S/C17H25N5S/c1-21(2)15-5-3-13(4-6-15)11-18-20-17(23)19-16-12-22-9-7-14(16)8-10-22/h3-6,11,14,16H,7-10,12H2,1-2H3,(H2,19,20,23)/b18-11+/t16-/m0/s1. The van der Waals surface area contributed by atoms with Crippen molar-refractivity contribution >= 4 is 29.2 Å². The summed E-state index contributed by atoms with van der Waals surface area (Å²) in [4.78, 5) is 4.59. The first-order chi connectivity index (χ1) is 11.1. The quantitative estimate of drug-likeness (QED) is 0.499. The first-order valence-corrected chi connectivity index (χ1v) is 8.62. The minimum absolute atomic E-state index is 0.465. The number of hydrogen-bond acceptors (Lipinski definition) is 4. The van der Waals surface area contributed by atoms with Gasteiger partial charge in [-0.15, -0.1) is 0 Å². The number of fused-ring (bicyclic) bond motifs is 3. The summed E-state index contributed by atoms with van der Waals surface area (Å²) in [7, 11) is 4.06. The highest BCUT2D eigenvalue weighted by molar-refractivity contribution is 7.80. The minimum Gasteiger partial charge on any atom is -0.378 e. The molecule has 2 N–H and O–H groups in total. The number of hydrazone groups is 1. The normalized spacial score (nSPS) is 26.3. The van der Waals surface area contributed by atoms with Crippen LogP contribution in [0.2, 0.25) is 0 Å². The topological polar surface area (TPSA) is 42.9 Å². The molecule has 4 rings (SSSR count). The van der Waals surface area contributed by atoms with Gasteiger partial charge in [-0.2, -0.15) is 5.10 Å². The van der Waals surface area contributed by atoms with Gasteiger partial charge in [-0.3, -0.25) is 5.43 Å². The second kappa shape index (κ2) is 7.27. The maximum absolute atomic E-state index is 5.36. The summed E-state index contributed by atoms with van der Waals surface area (Å²) >= 11 is 5.36. The summed E-state index contributed by atoms with van der Waals surface area (Å²) in [6.45, 7) is 3.58. The molecule has 3 aliphatic rings. The molecule has 1 atom stereocenters. The number of thiocarbonyl (C=S) groups is 1. The van der Waals surface area contributed by atoms with E-state index in [1.54, 1.807) is 6.21 Å². The van der Waals surface area contributed by atoms with E-state index in [0.717, 1.165) is 18.0 Å². The smallest absolute Gasteiger partial charge is 0.187 e. The maximum Gasteiger partial charge on any atom is 0.187 e. The van der Waals surface area contributed by atoms with Crippen LogP contribution in [0.1, 0.15) is 18.4 Å². The second-order valence-corrected chi connectivity index (χ2v) is 6.98. The Morgan fingerprint density at radius 1 is 1.26 bits per heavy atom. The van der Waals surface area contributed by atoms with Crippen LogP contribution in [0, 0.1) is 5.92 Å². The van der Waals surface area contributed by atoms with Crippen LogP contribution < -0.4 is 15.6 Å². The summed E-state index contributed by atoms with van der Waals surface area (Å²) in [5.74, 6) is 0.752. The van der Waals surface area contributed by atoms with Gasteiger partial charge in [-0.05, 0) is 61.8 Å². The molecule has 5 nitrogen and oxygen atoms in total. The summed E-state index contributed by atoms with van der Waals surface area (Å²) in [6, 6.07) is 8.71. The van der Waals surface area contributed by atoms with Crippen molar-refractivity contribution in [3.8, 4) is 0 Å². The number of nitrogens with one attached hydrogen (secondary N) is 2. The summed E-state index contributed by atoms with van der Waals surface area (Å²) in [5.41, 5.74) is 5.16. The lowest BCUT2D eigenvalue weighted by Crippen LogP contribution is -2.58. The van der Waals surface area contributed by atoms with E-state index < -0.39 is 0 Å². The van der Waals surface area contributed by atoms with Gasteiger partial charge in [0.25, 0.3) is 0 Å². The molecule has 6 heteroatoms. The van der Waals surface area contributed by atoms with Gasteiger partial charge in [0.1, 0.15) is 0 Å². The zero-order chi connectivity index (χ0) is 16.2. The average Bonchev–Trinajstić information content (AvgIpc) is 2.56. The van der Waals surface area contributed by atoms with Crippen molar-refractivity contribution in [1.29, 1.82) is 0 Å². The lowest BCUT2D eigenvalue weighted by Gasteiger charge is -2.45. The van der Waals surface area contributed by atoms with Crippen molar-refractivity contribution in [2.24, 2.45) is 11.0 Å². The van der Waals surface area contributed by atoms with Crippen LogP contribution in [0.5, 0.6) is 0 Å². The monoisotopic (exact) mass is 331 g/mol. The van der Waals surface area contributed by atoms with Gasteiger partial charge in [-0.1, -0.05) is 12.1 Å². The first kappa shape index (κ1) is 16.2. The van der Waals surface area contributed by atoms with E-state index in [2.05, 4.69) is 37.8 Å². The zero-order valence-corrected chi connectivity index (χ0v) is 14.6. The van der Waals surface area contributed by atoms with Crippen molar-refractivity contribution in [2.75, 3.05) is 38.6 Å². The van der Waals surface area contributed by atoms with Gasteiger partial charge in [0.15, 0.2) is 5.11 Å². The van der Waals surface area contributed by atoms with E-state index in [4.69, 9.17) is 12.2 Å². The van der Waals surface area contributed by atoms with Crippen LogP contribution in [0.4, 0.5) is 5.69 Å². The van der Waals surface area contributed by atoms with Gasteiger partial charge < -0.3 is 15.1 Å². The zero-order valence-electron chi connectivity index (χ0n) is 13.8. The Morgan fingerprint density at radius 2 is 1.96 bits per heavy atom. The van der Waals surface area contributed by atoms with Crippen LogP contribution >= 0.6 is 12.2 Å². The van der Waals surface area contributed by atoms with E-state index in [-0.39, 0.29) is 0 Å². The Bertz CT molecular complexity index is 561. The van der Waals surface area contributed by atoms with Gasteiger partial charge in [0.05, 0.1) is 6.21 Å². The molecule has 0 radical (unpaired) electrons. The number of rotatable bonds is 4. The molecule has 0 aromatic heterocycles. The van der Waals surface area contributed by atoms with Crippen LogP contribution in [0.15, 0.2) is 29.4 Å². The molecule has 0 unspecified atom stereocenters. The number of benzene rings is 1. The Kier molecular flexibility index (Phi) is 5.13. The Morgan fingerprint density at radius 3 is 2.52 bits per heavy atom. The molecule has 3 fully saturated rings. The minimum atomic E-state index is 0.465. The van der Waals surface area contributed by atoms with Gasteiger partial charge in [-0.25, -0.2) is 0 Å². The fourth-order valence-corrected chi connectivity index (χ4v) is 3.56. The SMILES string of the molecule is CN(C)c1ccc(/C=N/NC(=S)N[C@H]2CN3CCC2CC3)cc1. The highest BCUT2D eigenvalue weighted by Gasteiger charge is 2.34. The predicted octanol–water partition coefficient (Wildman–Crippen LogP) is 1.64. The molecule has 1 aromatic carbocycles. The number of hydrogen-bond donors (Lipinski definition) is 2.